The Labute approximate surface area is 106 Å². The monoisotopic (exact) mass is 257 g/mol. The molecular weight excluding hydrogens is 242 g/mol. The molecule has 17 heavy (non-hydrogen) atoms. The molecule has 0 amide bonds. The molecule has 0 saturated heterocycles. The molecule has 1 aromatic rings. The van der Waals surface area contributed by atoms with Gasteiger partial charge in [-0.2, -0.15) is 0 Å². The van der Waals surface area contributed by atoms with Gasteiger partial charge in [0.25, 0.3) is 0 Å². The molecule has 1 aromatic carbocycles. The average Bonchev–Trinajstić information content (AvgIpc) is 2.38. The number of hydrogen-bond acceptors (Lipinski definition) is 4. The molecule has 1 rings (SSSR count). The number of benzene rings is 1. The number of halogens is 1. The number of alkyl halides is 1. The van der Waals surface area contributed by atoms with E-state index in [1.165, 1.54) is 7.11 Å². The van der Waals surface area contributed by atoms with E-state index >= 15 is 0 Å². The van der Waals surface area contributed by atoms with Gasteiger partial charge in [-0.3, -0.25) is 4.79 Å². The first-order valence-electron chi connectivity index (χ1n) is 5.23. The van der Waals surface area contributed by atoms with Gasteiger partial charge in [0, 0.05) is 13.1 Å². The van der Waals surface area contributed by atoms with Crippen molar-refractivity contribution in [3.05, 3.63) is 29.8 Å². The summed E-state index contributed by atoms with van der Waals surface area (Å²) in [5.74, 6) is 0.396. The van der Waals surface area contributed by atoms with Gasteiger partial charge in [0.15, 0.2) is 0 Å². The lowest BCUT2D eigenvalue weighted by atomic mass is 10.2. The largest absolute Gasteiger partial charge is 0.497 e. The lowest BCUT2D eigenvalue weighted by Crippen LogP contribution is -2.29. The fraction of sp³-hybridized carbons (Fsp3) is 0.417. The second-order valence-corrected chi connectivity index (χ2v) is 4.00. The molecule has 94 valence electrons. The lowest BCUT2D eigenvalue weighted by Gasteiger charge is -2.09. The van der Waals surface area contributed by atoms with E-state index in [2.05, 4.69) is 10.1 Å². The van der Waals surface area contributed by atoms with E-state index in [-0.39, 0.29) is 0 Å². The summed E-state index contributed by atoms with van der Waals surface area (Å²) in [5, 5.41) is 2.43. The third kappa shape index (κ3) is 4.63. The zero-order chi connectivity index (χ0) is 12.7. The molecule has 4 nitrogen and oxygen atoms in total. The van der Waals surface area contributed by atoms with E-state index < -0.39 is 11.3 Å². The molecule has 0 heterocycles. The van der Waals surface area contributed by atoms with Crippen molar-refractivity contribution in [3.63, 3.8) is 0 Å². The average molecular weight is 258 g/mol. The molecule has 0 aliphatic carbocycles. The van der Waals surface area contributed by atoms with Crippen molar-refractivity contribution >= 4 is 17.6 Å². The summed E-state index contributed by atoms with van der Waals surface area (Å²) in [7, 11) is 2.95. The molecule has 0 aromatic heterocycles. The van der Waals surface area contributed by atoms with Crippen LogP contribution in [0, 0.1) is 0 Å². The summed E-state index contributed by atoms with van der Waals surface area (Å²) in [5.41, 5.74) is 1.10. The highest BCUT2D eigenvalue weighted by atomic mass is 35.5. The van der Waals surface area contributed by atoms with Crippen molar-refractivity contribution in [2.45, 2.75) is 11.9 Å². The van der Waals surface area contributed by atoms with Gasteiger partial charge in [-0.15, -0.1) is 11.6 Å². The van der Waals surface area contributed by atoms with E-state index in [0.29, 0.717) is 13.1 Å². The standard InChI is InChI=1S/C12H16ClNO3/c1-16-10-5-3-9(4-6-10)7-14-8-11(13)12(15)17-2/h3-6,11,14H,7-8H2,1-2H3. The van der Waals surface area contributed by atoms with Crippen LogP contribution in [-0.2, 0) is 16.1 Å². The Balaban J connectivity index is 2.33. The number of methoxy groups -OCH3 is 2. The van der Waals surface area contributed by atoms with Gasteiger partial charge in [0.05, 0.1) is 14.2 Å². The number of carbonyl (C=O) groups excluding carboxylic acids is 1. The highest BCUT2D eigenvalue weighted by Crippen LogP contribution is 2.11. The van der Waals surface area contributed by atoms with E-state index in [0.717, 1.165) is 11.3 Å². The summed E-state index contributed by atoms with van der Waals surface area (Å²) in [4.78, 5) is 11.0. The SMILES string of the molecule is COC(=O)C(Cl)CNCc1ccc(OC)cc1. The Morgan fingerprint density at radius 2 is 2.00 bits per heavy atom. The normalized spacial score (nSPS) is 11.9. The summed E-state index contributed by atoms with van der Waals surface area (Å²) < 4.78 is 9.57. The molecule has 5 heteroatoms. The first-order chi connectivity index (χ1) is 8.17. The lowest BCUT2D eigenvalue weighted by molar-refractivity contribution is -0.140. The number of nitrogens with one attached hydrogen (secondary N) is 1. The van der Waals surface area contributed by atoms with E-state index in [1.807, 2.05) is 24.3 Å². The second kappa shape index (κ2) is 7.14. The van der Waals surface area contributed by atoms with Gasteiger partial charge in [-0.05, 0) is 17.7 Å². The summed E-state index contributed by atoms with van der Waals surface area (Å²) in [6.45, 7) is 1.02. The van der Waals surface area contributed by atoms with Crippen LogP contribution in [0.1, 0.15) is 5.56 Å². The van der Waals surface area contributed by atoms with Crippen molar-refractivity contribution < 1.29 is 14.3 Å². The molecular formula is C12H16ClNO3. The fourth-order valence-corrected chi connectivity index (χ4v) is 1.50. The maximum absolute atomic E-state index is 11.0. The molecule has 0 spiro atoms. The number of ether oxygens (including phenoxy) is 2. The quantitative estimate of drug-likeness (QED) is 0.621. The molecule has 0 aliphatic heterocycles. The third-order valence-corrected chi connectivity index (χ3v) is 2.60. The number of rotatable bonds is 6. The Morgan fingerprint density at radius 1 is 1.35 bits per heavy atom. The third-order valence-electron chi connectivity index (χ3n) is 2.27. The van der Waals surface area contributed by atoms with Crippen LogP contribution in [0.4, 0.5) is 0 Å². The van der Waals surface area contributed by atoms with Crippen LogP contribution in [-0.4, -0.2) is 32.1 Å². The van der Waals surface area contributed by atoms with Crippen LogP contribution >= 0.6 is 11.6 Å². The van der Waals surface area contributed by atoms with Gasteiger partial charge < -0.3 is 14.8 Å². The first kappa shape index (κ1) is 13.8. The van der Waals surface area contributed by atoms with Gasteiger partial charge in [0.2, 0.25) is 0 Å². The molecule has 1 atom stereocenters. The van der Waals surface area contributed by atoms with Crippen molar-refractivity contribution in [3.8, 4) is 5.75 Å². The first-order valence-corrected chi connectivity index (χ1v) is 5.66. The Bertz CT molecular complexity index is 353. The Kier molecular flexibility index (Phi) is 5.80. The molecule has 1 N–H and O–H groups in total. The molecule has 0 bridgehead atoms. The van der Waals surface area contributed by atoms with Crippen molar-refractivity contribution in [2.75, 3.05) is 20.8 Å². The minimum absolute atomic E-state index is 0.375. The van der Waals surface area contributed by atoms with Gasteiger partial charge in [-0.25, -0.2) is 0 Å². The van der Waals surface area contributed by atoms with Crippen LogP contribution in [0.3, 0.4) is 0 Å². The number of carbonyl (C=O) groups is 1. The van der Waals surface area contributed by atoms with E-state index in [1.54, 1.807) is 7.11 Å². The highest BCUT2D eigenvalue weighted by Gasteiger charge is 2.14. The topological polar surface area (TPSA) is 47.6 Å². The minimum atomic E-state index is -0.654. The zero-order valence-corrected chi connectivity index (χ0v) is 10.7. The van der Waals surface area contributed by atoms with Crippen LogP contribution in [0.5, 0.6) is 5.75 Å². The predicted octanol–water partition coefficient (Wildman–Crippen LogP) is 1.57. The van der Waals surface area contributed by atoms with Gasteiger partial charge in [0.1, 0.15) is 11.1 Å². The Morgan fingerprint density at radius 3 is 2.53 bits per heavy atom. The van der Waals surface area contributed by atoms with Crippen LogP contribution < -0.4 is 10.1 Å². The van der Waals surface area contributed by atoms with Crippen LogP contribution in [0.15, 0.2) is 24.3 Å². The summed E-state index contributed by atoms with van der Waals surface area (Å²) >= 11 is 5.79. The van der Waals surface area contributed by atoms with Crippen LogP contribution in [0.2, 0.25) is 0 Å². The molecule has 0 radical (unpaired) electrons. The van der Waals surface area contributed by atoms with Crippen molar-refractivity contribution in [1.29, 1.82) is 0 Å². The summed E-state index contributed by atoms with van der Waals surface area (Å²) in [6.07, 6.45) is 0. The number of hydrogen-bond donors (Lipinski definition) is 1. The van der Waals surface area contributed by atoms with E-state index in [9.17, 15) is 4.79 Å². The van der Waals surface area contributed by atoms with Gasteiger partial charge >= 0.3 is 5.97 Å². The smallest absolute Gasteiger partial charge is 0.325 e. The van der Waals surface area contributed by atoms with Crippen LogP contribution in [0.25, 0.3) is 0 Å². The maximum Gasteiger partial charge on any atom is 0.325 e. The van der Waals surface area contributed by atoms with Crippen molar-refractivity contribution in [2.24, 2.45) is 0 Å². The Hall–Kier alpha value is -1.26. The second-order valence-electron chi connectivity index (χ2n) is 3.47. The molecule has 0 fully saturated rings. The van der Waals surface area contributed by atoms with E-state index in [4.69, 9.17) is 16.3 Å². The zero-order valence-electron chi connectivity index (χ0n) is 9.90. The highest BCUT2D eigenvalue weighted by molar-refractivity contribution is 6.30. The summed E-state index contributed by atoms with van der Waals surface area (Å²) in [6, 6.07) is 7.67. The number of esters is 1. The van der Waals surface area contributed by atoms with Crippen molar-refractivity contribution in [1.82, 2.24) is 5.32 Å². The minimum Gasteiger partial charge on any atom is -0.497 e. The predicted molar refractivity (Wildman–Crippen MR) is 66.4 cm³/mol. The molecule has 1 unspecified atom stereocenters. The fourth-order valence-electron chi connectivity index (χ4n) is 1.30. The maximum atomic E-state index is 11.0. The molecule has 0 aliphatic rings. The molecule has 0 saturated carbocycles. The van der Waals surface area contributed by atoms with Gasteiger partial charge in [-0.1, -0.05) is 12.1 Å².